The van der Waals surface area contributed by atoms with E-state index in [1.165, 1.54) is 24.5 Å². The monoisotopic (exact) mass is 262 g/mol. The quantitative estimate of drug-likeness (QED) is 0.899. The summed E-state index contributed by atoms with van der Waals surface area (Å²) in [7, 11) is -2.02. The van der Waals surface area contributed by atoms with Crippen molar-refractivity contribution < 1.29 is 8.42 Å². The van der Waals surface area contributed by atoms with E-state index in [9.17, 15) is 8.42 Å². The number of fused-ring (bicyclic) bond motifs is 1. The largest absolute Gasteiger partial charge is 0.240 e. The van der Waals surface area contributed by atoms with Gasteiger partial charge in [0.25, 0.3) is 0 Å². The maximum atomic E-state index is 11.5. The van der Waals surface area contributed by atoms with E-state index in [-0.39, 0.29) is 4.90 Å². The summed E-state index contributed by atoms with van der Waals surface area (Å²) in [4.78, 5) is 4.25. The van der Waals surface area contributed by atoms with Crippen LogP contribution in [-0.4, -0.2) is 20.4 Å². The predicted molar refractivity (Wildman–Crippen MR) is 60.9 cm³/mol. The van der Waals surface area contributed by atoms with Gasteiger partial charge in [-0.05, 0) is 25.2 Å². The van der Waals surface area contributed by atoms with Crippen LogP contribution in [-0.2, 0) is 10.0 Å². The van der Waals surface area contributed by atoms with Gasteiger partial charge in [0.2, 0.25) is 10.0 Å². The Morgan fingerprint density at radius 1 is 1.47 bits per heavy atom. The van der Waals surface area contributed by atoms with Gasteiger partial charge in [-0.25, -0.2) is 18.1 Å². The van der Waals surface area contributed by atoms with Crippen molar-refractivity contribution in [3.63, 3.8) is 0 Å². The molecule has 0 amide bonds. The van der Waals surface area contributed by atoms with Crippen LogP contribution >= 0.6 is 22.9 Å². The van der Waals surface area contributed by atoms with Crippen LogP contribution in [0.5, 0.6) is 0 Å². The maximum Gasteiger partial charge on any atom is 0.240 e. The first kappa shape index (κ1) is 10.8. The second-order valence-corrected chi connectivity index (χ2v) is 6.30. The van der Waals surface area contributed by atoms with Gasteiger partial charge in [0, 0.05) is 0 Å². The highest BCUT2D eigenvalue weighted by Gasteiger charge is 2.12. The first-order chi connectivity index (χ1) is 7.03. The molecule has 0 unspecified atom stereocenters. The molecule has 0 aliphatic carbocycles. The minimum atomic E-state index is -3.39. The number of nitrogens with zero attached hydrogens (tertiary/aromatic N) is 1. The molecule has 2 aromatic rings. The lowest BCUT2D eigenvalue weighted by atomic mass is 10.3. The summed E-state index contributed by atoms with van der Waals surface area (Å²) in [5.74, 6) is 0. The van der Waals surface area contributed by atoms with E-state index in [1.807, 2.05) is 0 Å². The molecule has 2 rings (SSSR count). The lowest BCUT2D eigenvalue weighted by Gasteiger charge is -2.00. The van der Waals surface area contributed by atoms with Gasteiger partial charge in [0.05, 0.1) is 15.1 Å². The number of rotatable bonds is 2. The van der Waals surface area contributed by atoms with Gasteiger partial charge in [0.15, 0.2) is 4.47 Å². The van der Waals surface area contributed by atoms with Crippen molar-refractivity contribution in [3.8, 4) is 0 Å². The molecular weight excluding hydrogens is 256 g/mol. The zero-order chi connectivity index (χ0) is 11.1. The van der Waals surface area contributed by atoms with Crippen LogP contribution in [0.1, 0.15) is 0 Å². The molecule has 0 bridgehead atoms. The molecule has 1 heterocycles. The average molecular weight is 263 g/mol. The fourth-order valence-corrected chi connectivity index (χ4v) is 3.06. The van der Waals surface area contributed by atoms with Gasteiger partial charge in [0.1, 0.15) is 0 Å². The molecule has 1 aromatic heterocycles. The molecule has 0 fully saturated rings. The molecule has 0 saturated heterocycles. The van der Waals surface area contributed by atoms with Crippen LogP contribution in [0.15, 0.2) is 23.1 Å². The Labute approximate surface area is 96.0 Å². The zero-order valence-electron chi connectivity index (χ0n) is 7.69. The van der Waals surface area contributed by atoms with Crippen LogP contribution in [0, 0.1) is 0 Å². The van der Waals surface area contributed by atoms with Gasteiger partial charge in [-0.15, -0.1) is 11.3 Å². The highest BCUT2D eigenvalue weighted by molar-refractivity contribution is 7.89. The van der Waals surface area contributed by atoms with E-state index >= 15 is 0 Å². The molecule has 1 aromatic carbocycles. The van der Waals surface area contributed by atoms with Gasteiger partial charge >= 0.3 is 0 Å². The number of benzene rings is 1. The number of halogens is 1. The smallest absolute Gasteiger partial charge is 0.225 e. The standard InChI is InChI=1S/C8H7ClN2O2S2/c1-10-15(12,13)5-2-3-6-7(4-5)14-8(9)11-6/h2-4,10H,1H3. The Balaban J connectivity index is 2.66. The van der Waals surface area contributed by atoms with Crippen molar-refractivity contribution in [2.75, 3.05) is 7.05 Å². The zero-order valence-corrected chi connectivity index (χ0v) is 10.1. The Kier molecular flexibility index (Phi) is 2.68. The van der Waals surface area contributed by atoms with Gasteiger partial charge in [-0.1, -0.05) is 11.6 Å². The van der Waals surface area contributed by atoms with E-state index in [0.29, 0.717) is 9.98 Å². The van der Waals surface area contributed by atoms with Crippen LogP contribution < -0.4 is 4.72 Å². The van der Waals surface area contributed by atoms with E-state index in [1.54, 1.807) is 12.1 Å². The fraction of sp³-hybridized carbons (Fsp3) is 0.125. The number of hydrogen-bond acceptors (Lipinski definition) is 4. The molecular formula is C8H7ClN2O2S2. The van der Waals surface area contributed by atoms with Crippen molar-refractivity contribution in [2.45, 2.75) is 4.90 Å². The minimum Gasteiger partial charge on any atom is -0.225 e. The van der Waals surface area contributed by atoms with Gasteiger partial charge in [-0.3, -0.25) is 0 Å². The molecule has 4 nitrogen and oxygen atoms in total. The van der Waals surface area contributed by atoms with Crippen molar-refractivity contribution in [1.82, 2.24) is 9.71 Å². The molecule has 0 aliphatic heterocycles. The summed E-state index contributed by atoms with van der Waals surface area (Å²) in [6.07, 6.45) is 0. The second-order valence-electron chi connectivity index (χ2n) is 2.80. The highest BCUT2D eigenvalue weighted by Crippen LogP contribution is 2.27. The second kappa shape index (κ2) is 3.71. The van der Waals surface area contributed by atoms with Crippen molar-refractivity contribution in [3.05, 3.63) is 22.7 Å². The molecule has 1 N–H and O–H groups in total. The molecule has 15 heavy (non-hydrogen) atoms. The first-order valence-corrected chi connectivity index (χ1v) is 6.70. The number of hydrogen-bond donors (Lipinski definition) is 1. The van der Waals surface area contributed by atoms with Crippen LogP contribution in [0.4, 0.5) is 0 Å². The summed E-state index contributed by atoms with van der Waals surface area (Å²) in [6, 6.07) is 4.71. The summed E-state index contributed by atoms with van der Waals surface area (Å²) in [5, 5.41) is 0. The fourth-order valence-electron chi connectivity index (χ4n) is 1.16. The van der Waals surface area contributed by atoms with E-state index in [0.717, 1.165) is 4.70 Å². The minimum absolute atomic E-state index is 0.220. The third kappa shape index (κ3) is 1.98. The molecule has 0 spiro atoms. The number of nitrogens with one attached hydrogen (secondary N) is 1. The first-order valence-electron chi connectivity index (χ1n) is 4.02. The third-order valence-corrected chi connectivity index (χ3v) is 4.45. The predicted octanol–water partition coefficient (Wildman–Crippen LogP) is 1.86. The average Bonchev–Trinajstić information content (AvgIpc) is 2.56. The molecule has 7 heteroatoms. The number of sulfonamides is 1. The SMILES string of the molecule is CNS(=O)(=O)c1ccc2nc(Cl)sc2c1. The van der Waals surface area contributed by atoms with E-state index in [2.05, 4.69) is 9.71 Å². The number of thiazole rings is 1. The van der Waals surface area contributed by atoms with Crippen molar-refractivity contribution in [2.24, 2.45) is 0 Å². The molecule has 0 saturated carbocycles. The lowest BCUT2D eigenvalue weighted by Crippen LogP contribution is -2.18. The van der Waals surface area contributed by atoms with E-state index in [4.69, 9.17) is 11.6 Å². The Hall–Kier alpha value is -0.690. The van der Waals surface area contributed by atoms with Crippen LogP contribution in [0.2, 0.25) is 4.47 Å². The molecule has 0 aliphatic rings. The Morgan fingerprint density at radius 2 is 2.20 bits per heavy atom. The summed E-state index contributed by atoms with van der Waals surface area (Å²) in [6.45, 7) is 0. The molecule has 80 valence electrons. The van der Waals surface area contributed by atoms with Crippen molar-refractivity contribution in [1.29, 1.82) is 0 Å². The van der Waals surface area contributed by atoms with Crippen LogP contribution in [0.25, 0.3) is 10.2 Å². The summed E-state index contributed by atoms with van der Waals surface area (Å²) >= 11 is 6.98. The van der Waals surface area contributed by atoms with Crippen LogP contribution in [0.3, 0.4) is 0 Å². The van der Waals surface area contributed by atoms with Crippen molar-refractivity contribution >= 4 is 43.2 Å². The lowest BCUT2D eigenvalue weighted by molar-refractivity contribution is 0.588. The number of aromatic nitrogens is 1. The normalized spacial score (nSPS) is 12.1. The van der Waals surface area contributed by atoms with E-state index < -0.39 is 10.0 Å². The Bertz CT molecular complexity index is 606. The van der Waals surface area contributed by atoms with Gasteiger partial charge in [-0.2, -0.15) is 0 Å². The molecule has 0 radical (unpaired) electrons. The topological polar surface area (TPSA) is 59.1 Å². The summed E-state index contributed by atoms with van der Waals surface area (Å²) < 4.78 is 26.4. The van der Waals surface area contributed by atoms with Gasteiger partial charge < -0.3 is 0 Å². The highest BCUT2D eigenvalue weighted by atomic mass is 35.5. The Morgan fingerprint density at radius 3 is 2.87 bits per heavy atom. The summed E-state index contributed by atoms with van der Waals surface area (Å²) in [5.41, 5.74) is 0.708. The maximum absolute atomic E-state index is 11.5. The third-order valence-electron chi connectivity index (χ3n) is 1.91. The molecule has 0 atom stereocenters.